The van der Waals surface area contributed by atoms with Crippen LogP contribution in [0.15, 0.2) is 18.5 Å². The second-order valence-electron chi connectivity index (χ2n) is 7.41. The predicted octanol–water partition coefficient (Wildman–Crippen LogP) is 3.86. The SMILES string of the molecule is CN(c1nc2cnccc2s1)C1CC(C)(C)NC(C)(C)C1.Cl. The van der Waals surface area contributed by atoms with Crippen LogP contribution in [-0.4, -0.2) is 34.1 Å². The van der Waals surface area contributed by atoms with Crippen LogP contribution in [0.3, 0.4) is 0 Å². The first-order valence-corrected chi connectivity index (χ1v) is 8.30. The highest BCUT2D eigenvalue weighted by Gasteiger charge is 2.39. The number of rotatable bonds is 2. The van der Waals surface area contributed by atoms with Gasteiger partial charge in [0.25, 0.3) is 0 Å². The van der Waals surface area contributed by atoms with Gasteiger partial charge in [0, 0.05) is 30.4 Å². The van der Waals surface area contributed by atoms with Gasteiger partial charge in [-0.3, -0.25) is 4.98 Å². The predicted molar refractivity (Wildman–Crippen MR) is 97.4 cm³/mol. The normalized spacial score (nSPS) is 20.6. The number of aromatic nitrogens is 2. The van der Waals surface area contributed by atoms with E-state index in [0.717, 1.165) is 23.5 Å². The first kappa shape index (κ1) is 17.4. The summed E-state index contributed by atoms with van der Waals surface area (Å²) in [5.74, 6) is 0. The Morgan fingerprint density at radius 3 is 2.45 bits per heavy atom. The van der Waals surface area contributed by atoms with Crippen molar-refractivity contribution in [3.8, 4) is 0 Å². The molecule has 2 aromatic heterocycles. The molecular weight excluding hydrogens is 316 g/mol. The van der Waals surface area contributed by atoms with Gasteiger partial charge in [-0.05, 0) is 46.6 Å². The maximum atomic E-state index is 4.74. The molecule has 22 heavy (non-hydrogen) atoms. The summed E-state index contributed by atoms with van der Waals surface area (Å²) in [5, 5.41) is 4.84. The number of hydrogen-bond donors (Lipinski definition) is 1. The number of nitrogens with zero attached hydrogens (tertiary/aromatic N) is 3. The summed E-state index contributed by atoms with van der Waals surface area (Å²) in [5.41, 5.74) is 1.30. The average Bonchev–Trinajstić information content (AvgIpc) is 2.77. The van der Waals surface area contributed by atoms with Crippen LogP contribution in [0.25, 0.3) is 10.2 Å². The van der Waals surface area contributed by atoms with Crippen molar-refractivity contribution in [2.45, 2.75) is 57.7 Å². The molecule has 0 amide bonds. The van der Waals surface area contributed by atoms with Crippen LogP contribution in [0.2, 0.25) is 0 Å². The monoisotopic (exact) mass is 340 g/mol. The molecule has 6 heteroatoms. The Kier molecular flexibility index (Phi) is 4.71. The number of anilines is 1. The van der Waals surface area contributed by atoms with Crippen LogP contribution in [-0.2, 0) is 0 Å². The molecule has 4 nitrogen and oxygen atoms in total. The summed E-state index contributed by atoms with van der Waals surface area (Å²) >= 11 is 1.75. The van der Waals surface area contributed by atoms with Gasteiger partial charge in [-0.25, -0.2) is 4.98 Å². The molecule has 3 heterocycles. The molecule has 0 unspecified atom stereocenters. The van der Waals surface area contributed by atoms with Crippen molar-refractivity contribution in [2.24, 2.45) is 0 Å². The lowest BCUT2D eigenvalue weighted by atomic mass is 9.79. The van der Waals surface area contributed by atoms with Gasteiger partial charge in [-0.1, -0.05) is 11.3 Å². The second-order valence-corrected chi connectivity index (χ2v) is 8.41. The molecule has 0 bridgehead atoms. The zero-order chi connectivity index (χ0) is 15.3. The van der Waals surface area contributed by atoms with Crippen molar-refractivity contribution < 1.29 is 0 Å². The van der Waals surface area contributed by atoms with Crippen LogP contribution in [0, 0.1) is 0 Å². The van der Waals surface area contributed by atoms with Gasteiger partial charge in [0.15, 0.2) is 5.13 Å². The van der Waals surface area contributed by atoms with Gasteiger partial charge in [0.2, 0.25) is 0 Å². The van der Waals surface area contributed by atoms with Crippen LogP contribution in [0.4, 0.5) is 5.13 Å². The van der Waals surface area contributed by atoms with Crippen molar-refractivity contribution in [2.75, 3.05) is 11.9 Å². The third-order valence-electron chi connectivity index (χ3n) is 4.20. The molecule has 0 aliphatic carbocycles. The van der Waals surface area contributed by atoms with Crippen molar-refractivity contribution in [1.29, 1.82) is 0 Å². The largest absolute Gasteiger partial charge is 0.348 e. The molecule has 1 fully saturated rings. The van der Waals surface area contributed by atoms with E-state index >= 15 is 0 Å². The highest BCUT2D eigenvalue weighted by Crippen LogP contribution is 2.35. The number of fused-ring (bicyclic) bond motifs is 1. The first-order valence-electron chi connectivity index (χ1n) is 7.49. The number of pyridine rings is 1. The number of hydrogen-bond acceptors (Lipinski definition) is 5. The van der Waals surface area contributed by atoms with Crippen LogP contribution in [0.5, 0.6) is 0 Å². The minimum absolute atomic E-state index is 0. The van der Waals surface area contributed by atoms with Gasteiger partial charge < -0.3 is 10.2 Å². The van der Waals surface area contributed by atoms with E-state index in [-0.39, 0.29) is 23.5 Å². The Hall–Kier alpha value is -0.910. The molecule has 122 valence electrons. The molecule has 0 radical (unpaired) electrons. The quantitative estimate of drug-likeness (QED) is 0.901. The zero-order valence-electron chi connectivity index (χ0n) is 13.9. The van der Waals surface area contributed by atoms with Crippen molar-refractivity contribution in [1.82, 2.24) is 15.3 Å². The number of piperidine rings is 1. The van der Waals surface area contributed by atoms with Gasteiger partial charge in [-0.2, -0.15) is 0 Å². The molecular formula is C16H25ClN4S. The average molecular weight is 341 g/mol. The highest BCUT2D eigenvalue weighted by molar-refractivity contribution is 7.22. The summed E-state index contributed by atoms with van der Waals surface area (Å²) in [7, 11) is 2.17. The fourth-order valence-electron chi connectivity index (χ4n) is 3.62. The highest BCUT2D eigenvalue weighted by atomic mass is 35.5. The second kappa shape index (κ2) is 5.95. The maximum absolute atomic E-state index is 4.74. The molecule has 1 aliphatic heterocycles. The van der Waals surface area contributed by atoms with Crippen molar-refractivity contribution in [3.63, 3.8) is 0 Å². The Morgan fingerprint density at radius 1 is 1.23 bits per heavy atom. The fraction of sp³-hybridized carbons (Fsp3) is 0.625. The first-order chi connectivity index (χ1) is 9.76. The summed E-state index contributed by atoms with van der Waals surface area (Å²) < 4.78 is 1.21. The number of halogens is 1. The van der Waals surface area contributed by atoms with Crippen LogP contribution in [0.1, 0.15) is 40.5 Å². The third kappa shape index (κ3) is 3.53. The smallest absolute Gasteiger partial charge is 0.186 e. The molecule has 1 aliphatic rings. The molecule has 1 N–H and O–H groups in total. The molecule has 0 saturated carbocycles. The maximum Gasteiger partial charge on any atom is 0.186 e. The Morgan fingerprint density at radius 2 is 1.86 bits per heavy atom. The molecule has 3 rings (SSSR count). The summed E-state index contributed by atoms with van der Waals surface area (Å²) in [6, 6.07) is 2.55. The lowest BCUT2D eigenvalue weighted by Crippen LogP contribution is -2.61. The van der Waals surface area contributed by atoms with E-state index in [1.54, 1.807) is 11.3 Å². The molecule has 1 saturated heterocycles. The molecule has 0 atom stereocenters. The van der Waals surface area contributed by atoms with E-state index in [1.807, 2.05) is 18.5 Å². The van der Waals surface area contributed by atoms with Gasteiger partial charge in [0.05, 0.1) is 10.9 Å². The molecule has 0 aromatic carbocycles. The van der Waals surface area contributed by atoms with Gasteiger partial charge in [-0.15, -0.1) is 12.4 Å². The van der Waals surface area contributed by atoms with E-state index in [4.69, 9.17) is 4.98 Å². The number of thiazole rings is 1. The summed E-state index contributed by atoms with van der Waals surface area (Å²) in [6.07, 6.45) is 5.93. The third-order valence-corrected chi connectivity index (χ3v) is 5.32. The number of nitrogens with one attached hydrogen (secondary N) is 1. The lowest BCUT2D eigenvalue weighted by Gasteiger charge is -2.48. The van der Waals surface area contributed by atoms with Gasteiger partial charge in [0.1, 0.15) is 5.52 Å². The minimum atomic E-state index is 0. The van der Waals surface area contributed by atoms with Crippen LogP contribution < -0.4 is 10.2 Å². The standard InChI is InChI=1S/C16H24N4S.ClH/c1-15(2)8-11(9-16(3,4)19-15)20(5)14-18-12-10-17-7-6-13(12)21-14;/h6-7,10-11,19H,8-9H2,1-5H3;1H. The van der Waals surface area contributed by atoms with E-state index in [2.05, 4.69) is 49.9 Å². The van der Waals surface area contributed by atoms with Crippen molar-refractivity contribution in [3.05, 3.63) is 18.5 Å². The van der Waals surface area contributed by atoms with E-state index in [9.17, 15) is 0 Å². The van der Waals surface area contributed by atoms with E-state index < -0.39 is 0 Å². The fourth-order valence-corrected chi connectivity index (χ4v) is 4.58. The topological polar surface area (TPSA) is 41.1 Å². The Labute approximate surface area is 142 Å². The van der Waals surface area contributed by atoms with Crippen LogP contribution >= 0.6 is 23.7 Å². The van der Waals surface area contributed by atoms with Crippen molar-refractivity contribution >= 4 is 39.1 Å². The van der Waals surface area contributed by atoms with Gasteiger partial charge >= 0.3 is 0 Å². The molecule has 0 spiro atoms. The summed E-state index contributed by atoms with van der Waals surface area (Å²) in [6.45, 7) is 9.15. The Bertz CT molecular complexity index is 603. The zero-order valence-corrected chi connectivity index (χ0v) is 15.5. The van der Waals surface area contributed by atoms with E-state index in [0.29, 0.717) is 6.04 Å². The van der Waals surface area contributed by atoms with E-state index in [1.165, 1.54) is 4.70 Å². The Balaban J connectivity index is 0.00000176. The minimum Gasteiger partial charge on any atom is -0.348 e. The summed E-state index contributed by atoms with van der Waals surface area (Å²) in [4.78, 5) is 11.3. The lowest BCUT2D eigenvalue weighted by molar-refractivity contribution is 0.161. The molecule has 2 aromatic rings.